The van der Waals surface area contributed by atoms with E-state index in [1.165, 1.54) is 16.7 Å². The monoisotopic (exact) mass is 302 g/mol. The molecular formula is C15H15BrN2. The van der Waals surface area contributed by atoms with Gasteiger partial charge < -0.3 is 5.73 Å². The number of hydrogen-bond acceptors (Lipinski definition) is 2. The lowest BCUT2D eigenvalue weighted by atomic mass is 10.1. The highest BCUT2D eigenvalue weighted by Gasteiger charge is 2.18. The Bertz CT molecular complexity index is 535. The maximum Gasteiger partial charge on any atom is 0.0328 e. The summed E-state index contributed by atoms with van der Waals surface area (Å²) in [7, 11) is 0. The molecule has 0 radical (unpaired) electrons. The van der Waals surface area contributed by atoms with Gasteiger partial charge in [-0.2, -0.15) is 0 Å². The molecule has 92 valence electrons. The molecular weight excluding hydrogens is 288 g/mol. The third-order valence-corrected chi connectivity index (χ3v) is 3.75. The van der Waals surface area contributed by atoms with Crippen molar-refractivity contribution in [3.63, 3.8) is 0 Å². The van der Waals surface area contributed by atoms with Crippen molar-refractivity contribution in [1.29, 1.82) is 0 Å². The van der Waals surface area contributed by atoms with Crippen molar-refractivity contribution >= 4 is 21.6 Å². The predicted octanol–water partition coefficient (Wildman–Crippen LogP) is 3.55. The highest BCUT2D eigenvalue weighted by atomic mass is 79.9. The first-order chi connectivity index (χ1) is 8.70. The van der Waals surface area contributed by atoms with E-state index < -0.39 is 0 Å². The molecule has 1 heterocycles. The quantitative estimate of drug-likeness (QED) is 0.860. The van der Waals surface area contributed by atoms with Gasteiger partial charge in [0, 0.05) is 29.8 Å². The van der Waals surface area contributed by atoms with Crippen molar-refractivity contribution in [3.8, 4) is 0 Å². The molecule has 0 aliphatic carbocycles. The van der Waals surface area contributed by atoms with Gasteiger partial charge in [0.15, 0.2) is 0 Å². The molecule has 2 aromatic rings. The Hall–Kier alpha value is -1.32. The third kappa shape index (κ3) is 2.42. The van der Waals surface area contributed by atoms with E-state index in [1.807, 2.05) is 12.1 Å². The van der Waals surface area contributed by atoms with Crippen LogP contribution in [0.25, 0.3) is 0 Å². The Morgan fingerprint density at radius 1 is 1.06 bits per heavy atom. The van der Waals surface area contributed by atoms with Crippen LogP contribution in [0.2, 0.25) is 0 Å². The summed E-state index contributed by atoms with van der Waals surface area (Å²) < 4.78 is 1.05. The minimum absolute atomic E-state index is 0.816. The molecule has 1 aliphatic heterocycles. The fourth-order valence-corrected chi connectivity index (χ4v) is 3.10. The van der Waals surface area contributed by atoms with Crippen LogP contribution in [0.5, 0.6) is 0 Å². The second kappa shape index (κ2) is 4.75. The third-order valence-electron chi connectivity index (χ3n) is 3.29. The number of nitrogen functional groups attached to an aromatic ring is 1. The zero-order valence-electron chi connectivity index (χ0n) is 10.1. The van der Waals surface area contributed by atoms with Crippen molar-refractivity contribution in [2.24, 2.45) is 0 Å². The Morgan fingerprint density at radius 2 is 1.72 bits per heavy atom. The molecule has 0 amide bonds. The molecule has 3 heteroatoms. The molecule has 0 unspecified atom stereocenters. The van der Waals surface area contributed by atoms with E-state index in [0.29, 0.717) is 0 Å². The number of halogens is 1. The van der Waals surface area contributed by atoms with Crippen LogP contribution in [0, 0.1) is 0 Å². The van der Waals surface area contributed by atoms with Gasteiger partial charge in [-0.05, 0) is 34.9 Å². The summed E-state index contributed by atoms with van der Waals surface area (Å²) >= 11 is 3.49. The number of nitrogens with two attached hydrogens (primary N) is 1. The molecule has 0 fully saturated rings. The second-order valence-electron chi connectivity index (χ2n) is 4.81. The number of hydrogen-bond donors (Lipinski definition) is 1. The van der Waals surface area contributed by atoms with Gasteiger partial charge in [0.2, 0.25) is 0 Å². The topological polar surface area (TPSA) is 29.3 Å². The fourth-order valence-electron chi connectivity index (χ4n) is 2.54. The molecule has 2 nitrogen and oxygen atoms in total. The molecule has 2 N–H and O–H groups in total. The molecule has 3 rings (SSSR count). The SMILES string of the molecule is Nc1cc(Br)cc(CN2Cc3ccccc3C2)c1. The summed E-state index contributed by atoms with van der Waals surface area (Å²) in [5.74, 6) is 0. The van der Waals surface area contributed by atoms with Crippen LogP contribution in [0.15, 0.2) is 46.9 Å². The Kier molecular flexibility index (Phi) is 3.10. The van der Waals surface area contributed by atoms with Crippen LogP contribution in [0.4, 0.5) is 5.69 Å². The van der Waals surface area contributed by atoms with Gasteiger partial charge in [0.25, 0.3) is 0 Å². The lowest BCUT2D eigenvalue weighted by Crippen LogP contribution is -2.15. The average Bonchev–Trinajstić information content (AvgIpc) is 2.69. The van der Waals surface area contributed by atoms with Crippen LogP contribution >= 0.6 is 15.9 Å². The van der Waals surface area contributed by atoms with E-state index in [0.717, 1.165) is 29.8 Å². The summed E-state index contributed by atoms with van der Waals surface area (Å²) in [6.45, 7) is 3.00. The molecule has 0 bridgehead atoms. The van der Waals surface area contributed by atoms with Crippen molar-refractivity contribution in [3.05, 3.63) is 63.6 Å². The summed E-state index contributed by atoms with van der Waals surface area (Å²) in [4.78, 5) is 2.44. The van der Waals surface area contributed by atoms with Gasteiger partial charge in [-0.25, -0.2) is 0 Å². The first kappa shape index (κ1) is 11.8. The zero-order valence-corrected chi connectivity index (χ0v) is 11.7. The molecule has 0 saturated heterocycles. The van der Waals surface area contributed by atoms with E-state index in [2.05, 4.69) is 51.2 Å². The van der Waals surface area contributed by atoms with Crippen LogP contribution in [0.3, 0.4) is 0 Å². The maximum absolute atomic E-state index is 5.87. The minimum atomic E-state index is 0.816. The van der Waals surface area contributed by atoms with Crippen molar-refractivity contribution in [2.45, 2.75) is 19.6 Å². The van der Waals surface area contributed by atoms with Gasteiger partial charge >= 0.3 is 0 Å². The Morgan fingerprint density at radius 3 is 2.33 bits per heavy atom. The number of rotatable bonds is 2. The Labute approximate surface area is 116 Å². The van der Waals surface area contributed by atoms with Gasteiger partial charge in [0.05, 0.1) is 0 Å². The highest BCUT2D eigenvalue weighted by molar-refractivity contribution is 9.10. The maximum atomic E-state index is 5.87. The molecule has 0 saturated carbocycles. The van der Waals surface area contributed by atoms with E-state index in [9.17, 15) is 0 Å². The van der Waals surface area contributed by atoms with Gasteiger partial charge in [-0.1, -0.05) is 40.2 Å². The first-order valence-corrected chi connectivity index (χ1v) is 6.84. The average molecular weight is 303 g/mol. The summed E-state index contributed by atoms with van der Waals surface area (Å²) in [5, 5.41) is 0. The van der Waals surface area contributed by atoms with Gasteiger partial charge in [-0.3, -0.25) is 4.90 Å². The Balaban J connectivity index is 1.76. The van der Waals surface area contributed by atoms with Gasteiger partial charge in [-0.15, -0.1) is 0 Å². The van der Waals surface area contributed by atoms with E-state index in [-0.39, 0.29) is 0 Å². The van der Waals surface area contributed by atoms with Crippen LogP contribution in [0.1, 0.15) is 16.7 Å². The van der Waals surface area contributed by atoms with Crippen LogP contribution in [-0.2, 0) is 19.6 Å². The lowest BCUT2D eigenvalue weighted by Gasteiger charge is -2.15. The molecule has 0 spiro atoms. The number of nitrogens with zero attached hydrogens (tertiary/aromatic N) is 1. The van der Waals surface area contributed by atoms with Crippen molar-refractivity contribution < 1.29 is 0 Å². The minimum Gasteiger partial charge on any atom is -0.399 e. The lowest BCUT2D eigenvalue weighted by molar-refractivity contribution is 0.275. The zero-order chi connectivity index (χ0) is 12.5. The molecule has 1 aliphatic rings. The highest BCUT2D eigenvalue weighted by Crippen LogP contribution is 2.25. The molecule has 0 aromatic heterocycles. The van der Waals surface area contributed by atoms with Crippen LogP contribution in [-0.4, -0.2) is 4.90 Å². The van der Waals surface area contributed by atoms with Crippen molar-refractivity contribution in [1.82, 2.24) is 4.90 Å². The number of anilines is 1. The predicted molar refractivity (Wildman–Crippen MR) is 77.9 cm³/mol. The molecule has 0 atom stereocenters. The normalized spacial score (nSPS) is 14.7. The van der Waals surface area contributed by atoms with Crippen molar-refractivity contribution in [2.75, 3.05) is 5.73 Å². The smallest absolute Gasteiger partial charge is 0.0328 e. The van der Waals surface area contributed by atoms with Gasteiger partial charge in [0.1, 0.15) is 0 Å². The summed E-state index contributed by atoms with van der Waals surface area (Å²) in [6, 6.07) is 14.8. The number of fused-ring (bicyclic) bond motifs is 1. The van der Waals surface area contributed by atoms with Crippen LogP contribution < -0.4 is 5.73 Å². The summed E-state index contributed by atoms with van der Waals surface area (Å²) in [5.41, 5.74) is 10.8. The van der Waals surface area contributed by atoms with E-state index in [4.69, 9.17) is 5.73 Å². The summed E-state index contributed by atoms with van der Waals surface area (Å²) in [6.07, 6.45) is 0. The fraction of sp³-hybridized carbons (Fsp3) is 0.200. The largest absolute Gasteiger partial charge is 0.399 e. The van der Waals surface area contributed by atoms with E-state index in [1.54, 1.807) is 0 Å². The first-order valence-electron chi connectivity index (χ1n) is 6.05. The standard InChI is InChI=1S/C15H15BrN2/c16-14-5-11(6-15(17)7-14)8-18-9-12-3-1-2-4-13(12)10-18/h1-7H,8-10,17H2. The number of benzene rings is 2. The van der Waals surface area contributed by atoms with E-state index >= 15 is 0 Å². The molecule has 2 aromatic carbocycles. The molecule has 18 heavy (non-hydrogen) atoms. The second-order valence-corrected chi connectivity index (χ2v) is 5.72.